The van der Waals surface area contributed by atoms with Crippen LogP contribution in [0.2, 0.25) is 0 Å². The van der Waals surface area contributed by atoms with E-state index in [0.717, 1.165) is 4.90 Å². The molecule has 0 spiro atoms. The number of amides is 1. The van der Waals surface area contributed by atoms with Gasteiger partial charge in [0.25, 0.3) is 0 Å². The van der Waals surface area contributed by atoms with Crippen LogP contribution in [-0.2, 0) is 4.79 Å². The Labute approximate surface area is 119 Å². The number of hydrogen-bond acceptors (Lipinski definition) is 3. The minimum atomic E-state index is 0.0272. The molecule has 0 aliphatic heterocycles. The molecule has 0 bridgehead atoms. The van der Waals surface area contributed by atoms with Crippen LogP contribution in [0.3, 0.4) is 0 Å². The van der Waals surface area contributed by atoms with Gasteiger partial charge in [0.15, 0.2) is 5.78 Å². The maximum Gasteiger partial charge on any atom is 0.230 e. The zero-order valence-corrected chi connectivity index (χ0v) is 12.7. The lowest BCUT2D eigenvalue weighted by Gasteiger charge is -2.17. The number of carbonyl (C=O) groups is 2. The van der Waals surface area contributed by atoms with Gasteiger partial charge < -0.3 is 5.32 Å². The van der Waals surface area contributed by atoms with E-state index in [1.54, 1.807) is 13.0 Å². The summed E-state index contributed by atoms with van der Waals surface area (Å²) >= 11 is 1.45. The molecule has 0 saturated heterocycles. The summed E-state index contributed by atoms with van der Waals surface area (Å²) in [5.74, 6) is 0.869. The Morgan fingerprint density at radius 2 is 1.95 bits per heavy atom. The van der Waals surface area contributed by atoms with Gasteiger partial charge in [0.2, 0.25) is 5.91 Å². The van der Waals surface area contributed by atoms with Crippen molar-refractivity contribution in [3.63, 3.8) is 0 Å². The van der Waals surface area contributed by atoms with Gasteiger partial charge in [-0.1, -0.05) is 26.0 Å². The van der Waals surface area contributed by atoms with Crippen LogP contribution >= 0.6 is 11.8 Å². The first kappa shape index (κ1) is 15.8. The van der Waals surface area contributed by atoms with Gasteiger partial charge in [-0.3, -0.25) is 9.59 Å². The van der Waals surface area contributed by atoms with E-state index in [1.807, 2.05) is 25.1 Å². The van der Waals surface area contributed by atoms with Crippen LogP contribution in [-0.4, -0.2) is 23.5 Å². The van der Waals surface area contributed by atoms with Crippen LogP contribution in [0.1, 0.15) is 38.1 Å². The number of thioether (sulfide) groups is 1. The molecule has 0 aliphatic carbocycles. The number of hydrogen-bond donors (Lipinski definition) is 1. The summed E-state index contributed by atoms with van der Waals surface area (Å²) in [6, 6.07) is 7.54. The Bertz CT molecular complexity index is 457. The van der Waals surface area contributed by atoms with E-state index in [0.29, 0.717) is 17.2 Å². The first-order chi connectivity index (χ1) is 8.90. The number of nitrogens with one attached hydrogen (secondary N) is 1. The minimum Gasteiger partial charge on any atom is -0.353 e. The number of benzene rings is 1. The van der Waals surface area contributed by atoms with Crippen molar-refractivity contribution in [2.75, 3.05) is 5.75 Å². The van der Waals surface area contributed by atoms with Gasteiger partial charge in [0, 0.05) is 16.5 Å². The van der Waals surface area contributed by atoms with Crippen molar-refractivity contribution in [3.05, 3.63) is 29.8 Å². The van der Waals surface area contributed by atoms with Crippen molar-refractivity contribution in [3.8, 4) is 0 Å². The van der Waals surface area contributed by atoms with Crippen molar-refractivity contribution in [2.24, 2.45) is 5.92 Å². The van der Waals surface area contributed by atoms with Crippen LogP contribution in [0, 0.1) is 5.92 Å². The monoisotopic (exact) mass is 279 g/mol. The Hall–Kier alpha value is -1.29. The first-order valence-corrected chi connectivity index (χ1v) is 7.42. The molecular weight excluding hydrogens is 258 g/mol. The van der Waals surface area contributed by atoms with E-state index >= 15 is 0 Å². The van der Waals surface area contributed by atoms with Crippen LogP contribution in [0.15, 0.2) is 29.2 Å². The number of Topliss-reactive ketones (excluding diaryl/α,β-unsaturated/α-hetero) is 1. The zero-order chi connectivity index (χ0) is 14.4. The van der Waals surface area contributed by atoms with E-state index in [1.165, 1.54) is 11.8 Å². The lowest BCUT2D eigenvalue weighted by Crippen LogP contribution is -2.37. The molecule has 0 fully saturated rings. The van der Waals surface area contributed by atoms with Crippen LogP contribution in [0.25, 0.3) is 0 Å². The summed E-state index contributed by atoms with van der Waals surface area (Å²) in [6.07, 6.45) is 0. The zero-order valence-electron chi connectivity index (χ0n) is 11.9. The van der Waals surface area contributed by atoms with Gasteiger partial charge in [-0.25, -0.2) is 0 Å². The van der Waals surface area contributed by atoms with E-state index in [2.05, 4.69) is 19.2 Å². The molecule has 19 heavy (non-hydrogen) atoms. The minimum absolute atomic E-state index is 0.0272. The van der Waals surface area contributed by atoms with E-state index in [-0.39, 0.29) is 17.7 Å². The summed E-state index contributed by atoms with van der Waals surface area (Å²) in [5, 5.41) is 2.96. The highest BCUT2D eigenvalue weighted by Crippen LogP contribution is 2.19. The molecule has 0 heterocycles. The van der Waals surface area contributed by atoms with Crippen molar-refractivity contribution < 1.29 is 9.59 Å². The van der Waals surface area contributed by atoms with Gasteiger partial charge >= 0.3 is 0 Å². The van der Waals surface area contributed by atoms with Gasteiger partial charge in [-0.05, 0) is 31.9 Å². The van der Waals surface area contributed by atoms with Gasteiger partial charge in [-0.15, -0.1) is 11.8 Å². The lowest BCUT2D eigenvalue weighted by molar-refractivity contribution is -0.119. The van der Waals surface area contributed by atoms with E-state index in [4.69, 9.17) is 0 Å². The largest absolute Gasteiger partial charge is 0.353 e. The van der Waals surface area contributed by atoms with E-state index in [9.17, 15) is 9.59 Å². The molecule has 0 radical (unpaired) electrons. The molecule has 1 atom stereocenters. The quantitative estimate of drug-likeness (QED) is 0.643. The molecule has 1 unspecified atom stereocenters. The van der Waals surface area contributed by atoms with Gasteiger partial charge in [0.1, 0.15) is 0 Å². The third-order valence-corrected chi connectivity index (χ3v) is 3.99. The Morgan fingerprint density at radius 3 is 2.53 bits per heavy atom. The maximum absolute atomic E-state index is 11.8. The number of carbonyl (C=O) groups excluding carboxylic acids is 2. The third kappa shape index (κ3) is 5.47. The van der Waals surface area contributed by atoms with Crippen molar-refractivity contribution in [1.82, 2.24) is 5.32 Å². The van der Waals surface area contributed by atoms with Crippen molar-refractivity contribution >= 4 is 23.5 Å². The average molecular weight is 279 g/mol. The third-order valence-electron chi connectivity index (χ3n) is 3.00. The van der Waals surface area contributed by atoms with Crippen molar-refractivity contribution in [2.45, 2.75) is 38.6 Å². The van der Waals surface area contributed by atoms with E-state index < -0.39 is 0 Å². The Kier molecular flexibility index (Phi) is 6.09. The normalized spacial score (nSPS) is 12.3. The molecule has 1 rings (SSSR count). The van der Waals surface area contributed by atoms with Gasteiger partial charge in [0.05, 0.1) is 5.75 Å². The second-order valence-electron chi connectivity index (χ2n) is 4.97. The van der Waals surface area contributed by atoms with Crippen molar-refractivity contribution in [1.29, 1.82) is 0 Å². The molecule has 3 nitrogen and oxygen atoms in total. The fraction of sp³-hybridized carbons (Fsp3) is 0.467. The molecule has 0 aromatic heterocycles. The second-order valence-corrected chi connectivity index (χ2v) is 6.02. The molecule has 0 aliphatic rings. The fourth-order valence-electron chi connectivity index (χ4n) is 1.42. The SMILES string of the molecule is CC(=O)c1cccc(SCC(=O)NC(C)C(C)C)c1. The second kappa shape index (κ2) is 7.34. The topological polar surface area (TPSA) is 46.2 Å². The molecule has 1 aromatic rings. The summed E-state index contributed by atoms with van der Waals surface area (Å²) in [7, 11) is 0. The Morgan fingerprint density at radius 1 is 1.26 bits per heavy atom. The highest BCUT2D eigenvalue weighted by atomic mass is 32.2. The molecular formula is C15H21NO2S. The highest BCUT2D eigenvalue weighted by molar-refractivity contribution is 8.00. The molecule has 4 heteroatoms. The Balaban J connectivity index is 2.50. The van der Waals surface area contributed by atoms with Crippen LogP contribution in [0.4, 0.5) is 0 Å². The summed E-state index contributed by atoms with van der Waals surface area (Å²) in [5.41, 5.74) is 0.681. The number of rotatable bonds is 6. The smallest absolute Gasteiger partial charge is 0.230 e. The maximum atomic E-state index is 11.8. The first-order valence-electron chi connectivity index (χ1n) is 6.43. The molecule has 1 aromatic carbocycles. The fourth-order valence-corrected chi connectivity index (χ4v) is 2.18. The standard InChI is InChI=1S/C15H21NO2S/c1-10(2)11(3)16-15(18)9-19-14-7-5-6-13(8-14)12(4)17/h5-8,10-11H,9H2,1-4H3,(H,16,18). The highest BCUT2D eigenvalue weighted by Gasteiger charge is 2.11. The lowest BCUT2D eigenvalue weighted by atomic mass is 10.1. The predicted molar refractivity (Wildman–Crippen MR) is 79.6 cm³/mol. The number of ketones is 1. The molecule has 104 valence electrons. The van der Waals surface area contributed by atoms with Gasteiger partial charge in [-0.2, -0.15) is 0 Å². The summed E-state index contributed by atoms with van der Waals surface area (Å²) in [4.78, 5) is 24.0. The summed E-state index contributed by atoms with van der Waals surface area (Å²) in [6.45, 7) is 7.70. The molecule has 1 amide bonds. The summed E-state index contributed by atoms with van der Waals surface area (Å²) < 4.78 is 0. The average Bonchev–Trinajstić information content (AvgIpc) is 2.36. The molecule has 1 N–H and O–H groups in total. The molecule has 0 saturated carbocycles. The van der Waals surface area contributed by atoms with Crippen LogP contribution < -0.4 is 5.32 Å². The van der Waals surface area contributed by atoms with Crippen LogP contribution in [0.5, 0.6) is 0 Å². The predicted octanol–water partition coefficient (Wildman–Crippen LogP) is 3.14.